The number of hydrogen-bond acceptors (Lipinski definition) is 5. The maximum atomic E-state index is 12.6. The van der Waals surface area contributed by atoms with Gasteiger partial charge < -0.3 is 10.1 Å². The Balaban J connectivity index is 1.61. The number of nitrogens with one attached hydrogen (secondary N) is 1. The average Bonchev–Trinajstić information content (AvgIpc) is 3.11. The number of carbonyl (C=O) groups is 1. The van der Waals surface area contributed by atoms with Crippen LogP contribution < -0.4 is 10.1 Å². The summed E-state index contributed by atoms with van der Waals surface area (Å²) in [5, 5.41) is 7.45. The van der Waals surface area contributed by atoms with Gasteiger partial charge in [-0.3, -0.25) is 4.79 Å². The summed E-state index contributed by atoms with van der Waals surface area (Å²) in [7, 11) is 0. The zero-order valence-corrected chi connectivity index (χ0v) is 15.0. The van der Waals surface area contributed by atoms with Crippen LogP contribution in [0.3, 0.4) is 0 Å². The molecule has 7 nitrogen and oxygen atoms in total. The van der Waals surface area contributed by atoms with Crippen LogP contribution in [0.5, 0.6) is 11.5 Å². The van der Waals surface area contributed by atoms with E-state index in [1.54, 1.807) is 48.7 Å². The van der Waals surface area contributed by atoms with Crippen LogP contribution in [0.15, 0.2) is 60.8 Å². The number of rotatable bonds is 4. The number of amides is 1. The molecule has 0 fully saturated rings. The third-order valence-electron chi connectivity index (χ3n) is 3.82. The van der Waals surface area contributed by atoms with Gasteiger partial charge in [0.15, 0.2) is 5.75 Å². The van der Waals surface area contributed by atoms with Crippen LogP contribution >= 0.6 is 11.6 Å². The van der Waals surface area contributed by atoms with Crippen molar-refractivity contribution in [2.75, 3.05) is 5.32 Å². The number of fused-ring (bicyclic) bond motifs is 1. The molecule has 0 radical (unpaired) electrons. The van der Waals surface area contributed by atoms with Crippen LogP contribution in [-0.4, -0.2) is 25.5 Å². The van der Waals surface area contributed by atoms with E-state index < -0.39 is 5.91 Å². The van der Waals surface area contributed by atoms with E-state index in [1.807, 2.05) is 19.1 Å². The first-order valence-corrected chi connectivity index (χ1v) is 8.51. The number of nitrogens with zero attached hydrogens (tertiary/aromatic N) is 4. The van der Waals surface area contributed by atoms with E-state index in [9.17, 15) is 4.79 Å². The lowest BCUT2D eigenvalue weighted by molar-refractivity contribution is 0.101. The molecular weight excluding hydrogens is 366 g/mol. The number of aryl methyl sites for hydroxylation is 1. The zero-order chi connectivity index (χ0) is 18.8. The van der Waals surface area contributed by atoms with E-state index in [0.29, 0.717) is 28.0 Å². The van der Waals surface area contributed by atoms with Gasteiger partial charge in [-0.1, -0.05) is 35.9 Å². The fourth-order valence-corrected chi connectivity index (χ4v) is 2.66. The topological polar surface area (TPSA) is 81.4 Å². The van der Waals surface area contributed by atoms with Gasteiger partial charge in [0, 0.05) is 11.9 Å². The molecule has 8 heteroatoms. The van der Waals surface area contributed by atoms with Gasteiger partial charge in [0.25, 0.3) is 11.7 Å². The van der Waals surface area contributed by atoms with Crippen molar-refractivity contribution in [3.05, 3.63) is 77.3 Å². The third kappa shape index (κ3) is 3.45. The number of ether oxygens (including phenoxy) is 1. The van der Waals surface area contributed by atoms with Gasteiger partial charge in [-0.2, -0.15) is 4.98 Å². The van der Waals surface area contributed by atoms with Crippen molar-refractivity contribution in [3.8, 4) is 11.5 Å². The summed E-state index contributed by atoms with van der Waals surface area (Å²) in [6.45, 7) is 1.86. The molecule has 0 aliphatic carbocycles. The maximum Gasteiger partial charge on any atom is 0.295 e. The molecular formula is C19H14ClN5O2. The molecule has 0 unspecified atom stereocenters. The lowest BCUT2D eigenvalue weighted by atomic mass is 10.2. The fraction of sp³-hybridized carbons (Fsp3) is 0.0526. The number of anilines is 1. The summed E-state index contributed by atoms with van der Waals surface area (Å²) < 4.78 is 7.36. The van der Waals surface area contributed by atoms with Crippen LogP contribution in [0.4, 0.5) is 5.69 Å². The predicted octanol–water partition coefficient (Wildman–Crippen LogP) is 4.13. The van der Waals surface area contributed by atoms with Gasteiger partial charge >= 0.3 is 0 Å². The average molecular weight is 380 g/mol. The minimum Gasteiger partial charge on any atom is -0.454 e. The molecule has 27 heavy (non-hydrogen) atoms. The van der Waals surface area contributed by atoms with Crippen LogP contribution in [0.1, 0.15) is 16.3 Å². The summed E-state index contributed by atoms with van der Waals surface area (Å²) in [6, 6.07) is 16.0. The number of aromatic nitrogens is 4. The molecule has 2 aromatic heterocycles. The summed E-state index contributed by atoms with van der Waals surface area (Å²) >= 11 is 6.15. The van der Waals surface area contributed by atoms with Crippen molar-refractivity contribution >= 4 is 29.0 Å². The normalized spacial score (nSPS) is 10.7. The van der Waals surface area contributed by atoms with Crippen LogP contribution in [0.2, 0.25) is 5.02 Å². The van der Waals surface area contributed by atoms with Crippen molar-refractivity contribution in [3.63, 3.8) is 0 Å². The molecule has 0 aliphatic rings. The second-order valence-electron chi connectivity index (χ2n) is 5.72. The minimum absolute atomic E-state index is 0.0179. The van der Waals surface area contributed by atoms with Crippen molar-refractivity contribution in [2.24, 2.45) is 0 Å². The Labute approximate surface area is 159 Å². The van der Waals surface area contributed by atoms with E-state index in [1.165, 1.54) is 4.52 Å². The molecule has 2 heterocycles. The molecule has 0 spiro atoms. The van der Waals surface area contributed by atoms with Crippen LogP contribution in [-0.2, 0) is 0 Å². The van der Waals surface area contributed by atoms with Gasteiger partial charge in [0.05, 0.1) is 10.7 Å². The minimum atomic E-state index is -0.463. The highest BCUT2D eigenvalue weighted by molar-refractivity contribution is 6.32. The van der Waals surface area contributed by atoms with Crippen LogP contribution in [0, 0.1) is 6.92 Å². The second-order valence-corrected chi connectivity index (χ2v) is 6.12. The summed E-state index contributed by atoms with van der Waals surface area (Å²) in [6.07, 6.45) is 1.62. The van der Waals surface area contributed by atoms with Gasteiger partial charge in [-0.05, 0) is 37.3 Å². The molecule has 1 N–H and O–H groups in total. The number of benzene rings is 2. The third-order valence-corrected chi connectivity index (χ3v) is 4.14. The smallest absolute Gasteiger partial charge is 0.295 e. The Morgan fingerprint density at radius 1 is 1.07 bits per heavy atom. The lowest BCUT2D eigenvalue weighted by Gasteiger charge is -2.12. The quantitative estimate of drug-likeness (QED) is 0.576. The Hall–Kier alpha value is -3.45. The molecule has 2 aromatic carbocycles. The van der Waals surface area contributed by atoms with Crippen molar-refractivity contribution in [1.82, 2.24) is 19.6 Å². The first-order valence-electron chi connectivity index (χ1n) is 8.13. The molecule has 0 aliphatic heterocycles. The van der Waals surface area contributed by atoms with Crippen molar-refractivity contribution < 1.29 is 9.53 Å². The molecule has 4 aromatic rings. The van der Waals surface area contributed by atoms with E-state index in [4.69, 9.17) is 16.3 Å². The Morgan fingerprint density at radius 3 is 2.59 bits per heavy atom. The molecule has 4 rings (SSSR count). The highest BCUT2D eigenvalue weighted by Gasteiger charge is 2.17. The molecule has 1 amide bonds. The standard InChI is InChI=1S/C19H14ClN5O2/c1-12-10-11-21-19-23-17(24-25(12)19)18(26)22-14-7-3-5-9-16(14)27-15-8-4-2-6-13(15)20/h2-11H,1H3,(H,22,26). The van der Waals surface area contributed by atoms with E-state index in [-0.39, 0.29) is 5.82 Å². The molecule has 0 bridgehead atoms. The Kier molecular flexibility index (Phi) is 4.43. The largest absolute Gasteiger partial charge is 0.454 e. The SMILES string of the molecule is Cc1ccnc2nc(C(=O)Nc3ccccc3Oc3ccccc3Cl)nn12. The van der Waals surface area contributed by atoms with Gasteiger partial charge in [0.2, 0.25) is 5.82 Å². The lowest BCUT2D eigenvalue weighted by Crippen LogP contribution is -2.14. The zero-order valence-electron chi connectivity index (χ0n) is 14.3. The van der Waals surface area contributed by atoms with Gasteiger partial charge in [-0.15, -0.1) is 5.10 Å². The predicted molar refractivity (Wildman–Crippen MR) is 101 cm³/mol. The monoisotopic (exact) mass is 379 g/mol. The van der Waals surface area contributed by atoms with Crippen LogP contribution in [0.25, 0.3) is 5.78 Å². The number of hydrogen-bond donors (Lipinski definition) is 1. The van der Waals surface area contributed by atoms with Gasteiger partial charge in [0.1, 0.15) is 5.75 Å². The molecule has 0 saturated carbocycles. The fourth-order valence-electron chi connectivity index (χ4n) is 2.49. The first-order chi connectivity index (χ1) is 13.1. The molecule has 0 atom stereocenters. The highest BCUT2D eigenvalue weighted by atomic mass is 35.5. The van der Waals surface area contributed by atoms with Crippen molar-refractivity contribution in [2.45, 2.75) is 6.92 Å². The highest BCUT2D eigenvalue weighted by Crippen LogP contribution is 2.33. The first kappa shape index (κ1) is 17.0. The second kappa shape index (κ2) is 7.05. The number of carbonyl (C=O) groups excluding carboxylic acids is 1. The Bertz CT molecular complexity index is 1140. The maximum absolute atomic E-state index is 12.6. The van der Waals surface area contributed by atoms with E-state index >= 15 is 0 Å². The molecule has 0 saturated heterocycles. The van der Waals surface area contributed by atoms with E-state index in [0.717, 1.165) is 5.69 Å². The summed E-state index contributed by atoms with van der Waals surface area (Å²) in [4.78, 5) is 20.9. The molecule has 134 valence electrons. The summed E-state index contributed by atoms with van der Waals surface area (Å²) in [5.74, 6) is 0.865. The Morgan fingerprint density at radius 2 is 1.81 bits per heavy atom. The number of para-hydroxylation sites is 3. The van der Waals surface area contributed by atoms with E-state index in [2.05, 4.69) is 20.4 Å². The summed E-state index contributed by atoms with van der Waals surface area (Å²) in [5.41, 5.74) is 1.31. The number of halogens is 1. The van der Waals surface area contributed by atoms with Gasteiger partial charge in [-0.25, -0.2) is 9.50 Å². The van der Waals surface area contributed by atoms with Crippen molar-refractivity contribution in [1.29, 1.82) is 0 Å².